The molecule has 2 aliphatic heterocycles. The first-order valence-corrected chi connectivity index (χ1v) is 11.0. The van der Waals surface area contributed by atoms with Gasteiger partial charge in [-0.2, -0.15) is 4.98 Å². The Morgan fingerprint density at radius 1 is 1.26 bits per heavy atom. The molecule has 0 radical (unpaired) electrons. The fourth-order valence-corrected chi connectivity index (χ4v) is 4.88. The Kier molecular flexibility index (Phi) is 4.96. The summed E-state index contributed by atoms with van der Waals surface area (Å²) in [7, 11) is 1.69. The van der Waals surface area contributed by atoms with Crippen LogP contribution in [-0.4, -0.2) is 49.3 Å². The number of rotatable bonds is 6. The number of aryl methyl sites for hydroxylation is 1. The summed E-state index contributed by atoms with van der Waals surface area (Å²) < 4.78 is 10.2. The zero-order chi connectivity index (χ0) is 21.7. The highest BCUT2D eigenvalue weighted by Gasteiger charge is 2.40. The van der Waals surface area contributed by atoms with E-state index in [1.54, 1.807) is 13.2 Å². The summed E-state index contributed by atoms with van der Waals surface area (Å²) in [6, 6.07) is 0.334. The first-order valence-electron chi connectivity index (χ1n) is 11.0. The van der Waals surface area contributed by atoms with Crippen molar-refractivity contribution in [3.63, 3.8) is 0 Å². The average molecular weight is 428 g/mol. The van der Waals surface area contributed by atoms with Crippen LogP contribution in [-0.2, 0) is 20.1 Å². The van der Waals surface area contributed by atoms with E-state index in [-0.39, 0.29) is 17.8 Å². The van der Waals surface area contributed by atoms with Gasteiger partial charge in [-0.25, -0.2) is 9.78 Å². The predicted octanol–water partition coefficient (Wildman–Crippen LogP) is 0.777. The van der Waals surface area contributed by atoms with Crippen molar-refractivity contribution in [1.29, 1.82) is 0 Å². The van der Waals surface area contributed by atoms with E-state index >= 15 is 0 Å². The van der Waals surface area contributed by atoms with Gasteiger partial charge in [0.2, 0.25) is 11.8 Å². The minimum atomic E-state index is -0.327. The van der Waals surface area contributed by atoms with E-state index in [1.165, 1.54) is 15.4 Å². The quantitative estimate of drug-likeness (QED) is 0.620. The van der Waals surface area contributed by atoms with Crippen molar-refractivity contribution in [2.24, 2.45) is 18.9 Å². The van der Waals surface area contributed by atoms with Crippen molar-refractivity contribution in [2.45, 2.75) is 45.8 Å². The average Bonchev–Trinajstić information content (AvgIpc) is 3.50. The Morgan fingerprint density at radius 3 is 2.84 bits per heavy atom. The molecule has 3 aromatic rings. The van der Waals surface area contributed by atoms with E-state index in [1.807, 2.05) is 4.57 Å². The SMILES string of the molecule is CC(C)CCn1c(=O)c2c(nc(N3CCC4CNCC43)n2Cc2ncco2)n(C)c1=O. The Hall–Kier alpha value is -2.88. The van der Waals surface area contributed by atoms with Crippen molar-refractivity contribution in [2.75, 3.05) is 24.5 Å². The third-order valence-electron chi connectivity index (χ3n) is 6.62. The Balaban J connectivity index is 1.71. The number of fused-ring (bicyclic) bond motifs is 2. The largest absolute Gasteiger partial charge is 0.447 e. The summed E-state index contributed by atoms with van der Waals surface area (Å²) >= 11 is 0. The standard InChI is InChI=1S/C21H29N7O3/c1-13(2)4-7-27-19(29)17-18(25(3)21(27)30)24-20(28(17)12-16-23-6-9-31-16)26-8-5-14-10-22-11-15(14)26/h6,9,13-15,22H,4-5,7-8,10-12H2,1-3H3. The van der Waals surface area contributed by atoms with Crippen molar-refractivity contribution in [3.8, 4) is 0 Å². The van der Waals surface area contributed by atoms with E-state index in [4.69, 9.17) is 9.40 Å². The van der Waals surface area contributed by atoms with Crippen molar-refractivity contribution in [1.82, 2.24) is 29.0 Å². The minimum absolute atomic E-state index is 0.289. The van der Waals surface area contributed by atoms with E-state index in [0.29, 0.717) is 47.4 Å². The third kappa shape index (κ3) is 3.29. The zero-order valence-corrected chi connectivity index (χ0v) is 18.2. The highest BCUT2D eigenvalue weighted by atomic mass is 16.3. The molecule has 1 N–H and O–H groups in total. The lowest BCUT2D eigenvalue weighted by atomic mass is 10.1. The normalized spacial score (nSPS) is 21.0. The van der Waals surface area contributed by atoms with Gasteiger partial charge in [0.1, 0.15) is 12.8 Å². The molecule has 2 atom stereocenters. The molecule has 5 rings (SSSR count). The highest BCUT2D eigenvalue weighted by molar-refractivity contribution is 5.75. The lowest BCUT2D eigenvalue weighted by Gasteiger charge is -2.25. The number of hydrogen-bond donors (Lipinski definition) is 1. The molecule has 166 valence electrons. The molecule has 0 spiro atoms. The number of nitrogens with one attached hydrogen (secondary N) is 1. The number of aromatic nitrogens is 5. The van der Waals surface area contributed by atoms with Crippen molar-refractivity contribution >= 4 is 17.1 Å². The van der Waals surface area contributed by atoms with Gasteiger partial charge in [0, 0.05) is 39.3 Å². The molecule has 0 bridgehead atoms. The molecular weight excluding hydrogens is 398 g/mol. The Morgan fingerprint density at radius 2 is 2.10 bits per heavy atom. The number of hydrogen-bond acceptors (Lipinski definition) is 7. The lowest BCUT2D eigenvalue weighted by Crippen LogP contribution is -2.40. The van der Waals surface area contributed by atoms with Gasteiger partial charge < -0.3 is 14.6 Å². The van der Waals surface area contributed by atoms with Crippen molar-refractivity contribution < 1.29 is 4.42 Å². The van der Waals surface area contributed by atoms with Crippen LogP contribution in [0.1, 0.15) is 32.6 Å². The van der Waals surface area contributed by atoms with Crippen LogP contribution in [0, 0.1) is 11.8 Å². The third-order valence-corrected chi connectivity index (χ3v) is 6.62. The molecule has 3 aromatic heterocycles. The van der Waals surface area contributed by atoms with E-state index in [0.717, 1.165) is 32.5 Å². The van der Waals surface area contributed by atoms with Gasteiger partial charge in [-0.1, -0.05) is 13.8 Å². The molecule has 0 aliphatic carbocycles. The van der Waals surface area contributed by atoms with Gasteiger partial charge in [0.25, 0.3) is 5.56 Å². The summed E-state index contributed by atoms with van der Waals surface area (Å²) in [5, 5.41) is 3.46. The lowest BCUT2D eigenvalue weighted by molar-refractivity contribution is 0.475. The van der Waals surface area contributed by atoms with Crippen LogP contribution in [0.25, 0.3) is 11.2 Å². The molecule has 2 saturated heterocycles. The van der Waals surface area contributed by atoms with Crippen molar-refractivity contribution in [3.05, 3.63) is 39.2 Å². The zero-order valence-electron chi connectivity index (χ0n) is 18.2. The van der Waals surface area contributed by atoms with Crippen LogP contribution < -0.4 is 21.5 Å². The fourth-order valence-electron chi connectivity index (χ4n) is 4.88. The van der Waals surface area contributed by atoms with E-state index in [2.05, 4.69) is 29.0 Å². The number of oxazole rings is 1. The Bertz CT molecular complexity index is 1200. The summed E-state index contributed by atoms with van der Waals surface area (Å²) in [5.41, 5.74) is 0.205. The second kappa shape index (κ2) is 7.67. The molecular formula is C21H29N7O3. The topological polar surface area (TPSA) is 103 Å². The van der Waals surface area contributed by atoms with E-state index < -0.39 is 0 Å². The predicted molar refractivity (Wildman–Crippen MR) is 116 cm³/mol. The molecule has 0 aromatic carbocycles. The fraction of sp³-hybridized carbons (Fsp3) is 0.619. The summed E-state index contributed by atoms with van der Waals surface area (Å²) in [4.78, 5) is 37.9. The maximum Gasteiger partial charge on any atom is 0.332 e. The molecule has 2 fully saturated rings. The number of imidazole rings is 1. The monoisotopic (exact) mass is 427 g/mol. The maximum absolute atomic E-state index is 13.5. The van der Waals surface area contributed by atoms with Gasteiger partial charge in [-0.15, -0.1) is 0 Å². The summed E-state index contributed by atoms with van der Waals surface area (Å²) in [6.07, 6.45) is 4.95. The molecule has 10 heteroatoms. The molecule has 2 unspecified atom stereocenters. The summed E-state index contributed by atoms with van der Waals surface area (Å²) in [6.45, 7) is 7.61. The van der Waals surface area contributed by atoms with Gasteiger partial charge in [0.15, 0.2) is 11.2 Å². The van der Waals surface area contributed by atoms with Crippen LogP contribution >= 0.6 is 0 Å². The molecule has 2 aliphatic rings. The molecule has 0 amide bonds. The van der Waals surface area contributed by atoms with Crippen LogP contribution in [0.15, 0.2) is 26.5 Å². The number of nitrogens with zero attached hydrogens (tertiary/aromatic N) is 6. The second-order valence-corrected chi connectivity index (χ2v) is 9.04. The molecule has 31 heavy (non-hydrogen) atoms. The maximum atomic E-state index is 13.5. The van der Waals surface area contributed by atoms with Crippen LogP contribution in [0.2, 0.25) is 0 Å². The highest BCUT2D eigenvalue weighted by Crippen LogP contribution is 2.33. The van der Waals surface area contributed by atoms with Gasteiger partial charge >= 0.3 is 5.69 Å². The van der Waals surface area contributed by atoms with Crippen LogP contribution in [0.4, 0.5) is 5.95 Å². The van der Waals surface area contributed by atoms with Crippen LogP contribution in [0.5, 0.6) is 0 Å². The summed E-state index contributed by atoms with van der Waals surface area (Å²) in [5.74, 6) is 2.17. The minimum Gasteiger partial charge on any atom is -0.447 e. The van der Waals surface area contributed by atoms with Crippen LogP contribution in [0.3, 0.4) is 0 Å². The first kappa shape index (κ1) is 20.0. The molecule has 0 saturated carbocycles. The van der Waals surface area contributed by atoms with Gasteiger partial charge in [-0.05, 0) is 24.7 Å². The second-order valence-electron chi connectivity index (χ2n) is 9.04. The van der Waals surface area contributed by atoms with Gasteiger partial charge in [-0.3, -0.25) is 18.5 Å². The Labute approximate surface area is 179 Å². The van der Waals surface area contributed by atoms with E-state index in [9.17, 15) is 9.59 Å². The molecule has 10 nitrogen and oxygen atoms in total. The number of anilines is 1. The molecule has 5 heterocycles. The smallest absolute Gasteiger partial charge is 0.332 e. The van der Waals surface area contributed by atoms with Gasteiger partial charge in [0.05, 0.1) is 6.20 Å². The first-order chi connectivity index (χ1) is 15.0.